The van der Waals surface area contributed by atoms with Gasteiger partial charge in [0.05, 0.1) is 16.8 Å². The summed E-state index contributed by atoms with van der Waals surface area (Å²) in [7, 11) is 1.67. The number of aromatic nitrogens is 3. The molecule has 5 rings (SSSR count). The number of rotatable bonds is 8. The minimum Gasteiger partial charge on any atom is -0.385 e. The van der Waals surface area contributed by atoms with Gasteiger partial charge in [0, 0.05) is 65.4 Å². The molecule has 1 saturated heterocycles. The largest absolute Gasteiger partial charge is 0.385 e. The molecule has 8 heteroatoms. The highest BCUT2D eigenvalue weighted by Gasteiger charge is 2.29. The van der Waals surface area contributed by atoms with Crippen molar-refractivity contribution in [2.45, 2.75) is 19.5 Å². The van der Waals surface area contributed by atoms with Crippen LogP contribution in [-0.4, -0.2) is 70.0 Å². The van der Waals surface area contributed by atoms with Gasteiger partial charge in [0.1, 0.15) is 5.69 Å². The maximum atomic E-state index is 13.7. The lowest BCUT2D eigenvalue weighted by Crippen LogP contribution is -2.48. The first-order chi connectivity index (χ1) is 17.6. The Labute approximate surface area is 210 Å². The van der Waals surface area contributed by atoms with Crippen molar-refractivity contribution < 1.29 is 9.53 Å². The number of nitrogens with zero attached hydrogens (tertiary/aromatic N) is 5. The third kappa shape index (κ3) is 5.10. The van der Waals surface area contributed by atoms with E-state index in [2.05, 4.69) is 34.3 Å². The number of carbonyl (C=O) groups is 1. The SMILES string of the molecule is COCCCn1cc(C(=O)N2CCN(Cc3ccccc3)CC2)c2nn(-c3ccccc3)c(=O)c-2c1. The molecule has 2 aromatic rings. The van der Waals surface area contributed by atoms with Gasteiger partial charge in [0.15, 0.2) is 0 Å². The molecule has 0 atom stereocenters. The quantitative estimate of drug-likeness (QED) is 0.359. The van der Waals surface area contributed by atoms with Gasteiger partial charge in [-0.1, -0.05) is 48.5 Å². The van der Waals surface area contributed by atoms with Crippen molar-refractivity contribution in [3.05, 3.63) is 94.5 Å². The molecular weight excluding hydrogens is 454 g/mol. The van der Waals surface area contributed by atoms with Crippen molar-refractivity contribution in [1.29, 1.82) is 0 Å². The highest BCUT2D eigenvalue weighted by atomic mass is 16.5. The molecule has 186 valence electrons. The third-order valence-electron chi connectivity index (χ3n) is 6.63. The Morgan fingerprint density at radius 3 is 2.33 bits per heavy atom. The van der Waals surface area contributed by atoms with E-state index in [1.807, 2.05) is 52.1 Å². The van der Waals surface area contributed by atoms with Gasteiger partial charge in [-0.05, 0) is 24.1 Å². The lowest BCUT2D eigenvalue weighted by Gasteiger charge is -2.35. The van der Waals surface area contributed by atoms with E-state index in [9.17, 15) is 9.59 Å². The van der Waals surface area contributed by atoms with Crippen LogP contribution in [0.5, 0.6) is 0 Å². The van der Waals surface area contributed by atoms with Gasteiger partial charge in [-0.3, -0.25) is 14.5 Å². The molecule has 0 bridgehead atoms. The number of hydrogen-bond acceptors (Lipinski definition) is 5. The number of aryl methyl sites for hydroxylation is 1. The topological polar surface area (TPSA) is 72.6 Å². The molecular formula is C28H31N5O3. The van der Waals surface area contributed by atoms with Crippen molar-refractivity contribution in [1.82, 2.24) is 24.1 Å². The molecule has 36 heavy (non-hydrogen) atoms. The zero-order chi connectivity index (χ0) is 24.9. The summed E-state index contributed by atoms with van der Waals surface area (Å²) in [5.41, 5.74) is 3.09. The predicted molar refractivity (Wildman–Crippen MR) is 139 cm³/mol. The van der Waals surface area contributed by atoms with Crippen molar-refractivity contribution >= 4 is 5.91 Å². The van der Waals surface area contributed by atoms with E-state index in [0.29, 0.717) is 48.7 Å². The number of benzene rings is 2. The standard InChI is InChI=1S/C28H31N5O3/c1-36-18-8-13-31-20-24(26-25(21-31)28(35)33(29-26)23-11-6-3-7-12-23)27(34)32-16-14-30(15-17-32)19-22-9-4-2-5-10-22/h2-7,9-12,20-21H,8,13-19H2,1H3. The molecule has 0 N–H and O–H groups in total. The molecule has 3 aliphatic heterocycles. The Bertz CT molecular complexity index is 1320. The van der Waals surface area contributed by atoms with Crippen LogP contribution in [0.3, 0.4) is 0 Å². The molecule has 1 amide bonds. The van der Waals surface area contributed by atoms with Crippen LogP contribution in [0.15, 0.2) is 77.9 Å². The highest BCUT2D eigenvalue weighted by molar-refractivity contribution is 6.00. The molecule has 1 fully saturated rings. The molecule has 0 radical (unpaired) electrons. The molecule has 2 aromatic carbocycles. The monoisotopic (exact) mass is 485 g/mol. The second-order valence-electron chi connectivity index (χ2n) is 9.12. The van der Waals surface area contributed by atoms with Gasteiger partial charge in [0.25, 0.3) is 11.5 Å². The minimum atomic E-state index is -0.223. The number of fused-ring (bicyclic) bond motifs is 1. The van der Waals surface area contributed by atoms with Gasteiger partial charge < -0.3 is 14.2 Å². The first-order valence-electron chi connectivity index (χ1n) is 12.4. The summed E-state index contributed by atoms with van der Waals surface area (Å²) in [5.74, 6) is -0.0850. The van der Waals surface area contributed by atoms with Crippen molar-refractivity contribution in [3.63, 3.8) is 0 Å². The molecule has 0 saturated carbocycles. The fourth-order valence-corrected chi connectivity index (χ4v) is 4.70. The zero-order valence-electron chi connectivity index (χ0n) is 20.5. The average Bonchev–Trinajstić information content (AvgIpc) is 3.26. The van der Waals surface area contributed by atoms with E-state index in [0.717, 1.165) is 26.1 Å². The van der Waals surface area contributed by atoms with E-state index < -0.39 is 0 Å². The highest BCUT2D eigenvalue weighted by Crippen LogP contribution is 2.24. The number of amides is 1. The van der Waals surface area contributed by atoms with E-state index in [1.54, 1.807) is 13.3 Å². The lowest BCUT2D eigenvalue weighted by molar-refractivity contribution is 0.0628. The van der Waals surface area contributed by atoms with Crippen LogP contribution in [0.1, 0.15) is 22.3 Å². The van der Waals surface area contributed by atoms with Gasteiger partial charge in [-0.2, -0.15) is 9.78 Å². The first kappa shape index (κ1) is 24.0. The predicted octanol–water partition coefficient (Wildman–Crippen LogP) is 3.13. The normalized spacial score (nSPS) is 14.4. The van der Waals surface area contributed by atoms with E-state index in [4.69, 9.17) is 4.74 Å². The third-order valence-corrected chi connectivity index (χ3v) is 6.63. The van der Waals surface area contributed by atoms with E-state index in [1.165, 1.54) is 10.2 Å². The van der Waals surface area contributed by atoms with Crippen LogP contribution < -0.4 is 5.56 Å². The molecule has 0 aromatic heterocycles. The summed E-state index contributed by atoms with van der Waals surface area (Å²) in [5, 5.41) is 4.61. The fraction of sp³-hybridized carbons (Fsp3) is 0.321. The number of pyridine rings is 1. The van der Waals surface area contributed by atoms with Crippen molar-refractivity contribution in [2.75, 3.05) is 39.9 Å². The minimum absolute atomic E-state index is 0.0850. The number of ether oxygens (including phenoxy) is 1. The van der Waals surface area contributed by atoms with Gasteiger partial charge >= 0.3 is 0 Å². The molecule has 3 aliphatic rings. The maximum absolute atomic E-state index is 13.7. The summed E-state index contributed by atoms with van der Waals surface area (Å²) in [6.07, 6.45) is 4.41. The van der Waals surface area contributed by atoms with Gasteiger partial charge in [0.2, 0.25) is 0 Å². The molecule has 3 heterocycles. The van der Waals surface area contributed by atoms with E-state index in [-0.39, 0.29) is 11.5 Å². The van der Waals surface area contributed by atoms with Crippen LogP contribution in [0.25, 0.3) is 16.9 Å². The zero-order valence-corrected chi connectivity index (χ0v) is 20.5. The van der Waals surface area contributed by atoms with Crippen LogP contribution in [0.4, 0.5) is 0 Å². The second-order valence-corrected chi connectivity index (χ2v) is 9.12. The number of hydrogen-bond donors (Lipinski definition) is 0. The van der Waals surface area contributed by atoms with Crippen LogP contribution in [0.2, 0.25) is 0 Å². The fourth-order valence-electron chi connectivity index (χ4n) is 4.70. The van der Waals surface area contributed by atoms with Crippen LogP contribution in [-0.2, 0) is 17.8 Å². The average molecular weight is 486 g/mol. The first-order valence-corrected chi connectivity index (χ1v) is 12.4. The Balaban J connectivity index is 1.41. The number of para-hydroxylation sites is 1. The Kier molecular flexibility index (Phi) is 7.25. The Morgan fingerprint density at radius 2 is 1.64 bits per heavy atom. The molecule has 8 nitrogen and oxygen atoms in total. The summed E-state index contributed by atoms with van der Waals surface area (Å²) >= 11 is 0. The lowest BCUT2D eigenvalue weighted by atomic mass is 10.1. The van der Waals surface area contributed by atoms with Crippen LogP contribution >= 0.6 is 0 Å². The Morgan fingerprint density at radius 1 is 0.944 bits per heavy atom. The summed E-state index contributed by atoms with van der Waals surface area (Å²) in [6.45, 7) is 4.99. The summed E-state index contributed by atoms with van der Waals surface area (Å²) < 4.78 is 8.49. The van der Waals surface area contributed by atoms with Crippen molar-refractivity contribution in [3.8, 4) is 16.9 Å². The molecule has 0 unspecified atom stereocenters. The number of methoxy groups -OCH3 is 1. The van der Waals surface area contributed by atoms with Gasteiger partial charge in [-0.15, -0.1) is 0 Å². The second kappa shape index (κ2) is 10.9. The maximum Gasteiger partial charge on any atom is 0.282 e. The van der Waals surface area contributed by atoms with Crippen molar-refractivity contribution in [2.24, 2.45) is 0 Å². The number of carbonyl (C=O) groups excluding carboxylic acids is 1. The summed E-state index contributed by atoms with van der Waals surface area (Å²) in [6, 6.07) is 19.7. The van der Waals surface area contributed by atoms with E-state index >= 15 is 0 Å². The number of piperazine rings is 1. The molecule has 0 aliphatic carbocycles. The summed E-state index contributed by atoms with van der Waals surface area (Å²) in [4.78, 5) is 31.3. The van der Waals surface area contributed by atoms with Gasteiger partial charge in [-0.25, -0.2) is 0 Å². The van der Waals surface area contributed by atoms with Crippen LogP contribution in [0, 0.1) is 0 Å². The Hall–Kier alpha value is -3.75. The molecule has 0 spiro atoms. The smallest absolute Gasteiger partial charge is 0.282 e.